The second-order valence-corrected chi connectivity index (χ2v) is 2.41. The number of ether oxygens (including phenoxy) is 1. The Morgan fingerprint density at radius 3 is 2.21 bits per heavy atom. The number of esters is 1. The molecule has 0 atom stereocenters. The average Bonchev–Trinajstić information content (AvgIpc) is 2.16. The summed E-state index contributed by atoms with van der Waals surface area (Å²) in [6.07, 6.45) is 2.36. The molecular weight excluding hydrogens is 184 g/mol. The SMILES string of the molecule is C=C/C(CC(=O)OC)=C(\C=C)C(=O)O. The molecule has 0 aliphatic heterocycles. The first-order chi connectivity index (χ1) is 6.56. The summed E-state index contributed by atoms with van der Waals surface area (Å²) in [5.74, 6) is -1.65. The number of aliphatic carboxylic acids is 1. The fourth-order valence-corrected chi connectivity index (χ4v) is 0.861. The topological polar surface area (TPSA) is 63.6 Å². The van der Waals surface area contributed by atoms with Crippen LogP contribution in [0.1, 0.15) is 6.42 Å². The summed E-state index contributed by atoms with van der Waals surface area (Å²) in [6, 6.07) is 0. The first kappa shape index (κ1) is 12.2. The summed E-state index contributed by atoms with van der Waals surface area (Å²) in [6.45, 7) is 6.77. The van der Waals surface area contributed by atoms with Crippen LogP contribution in [0.5, 0.6) is 0 Å². The van der Waals surface area contributed by atoms with Crippen molar-refractivity contribution in [3.05, 3.63) is 36.5 Å². The molecule has 0 bridgehead atoms. The third kappa shape index (κ3) is 3.26. The van der Waals surface area contributed by atoms with Gasteiger partial charge in [-0.05, 0) is 5.57 Å². The van der Waals surface area contributed by atoms with Gasteiger partial charge in [0.1, 0.15) is 0 Å². The highest BCUT2D eigenvalue weighted by Crippen LogP contribution is 2.12. The van der Waals surface area contributed by atoms with Gasteiger partial charge >= 0.3 is 11.9 Å². The van der Waals surface area contributed by atoms with E-state index in [0.717, 1.165) is 0 Å². The normalized spacial score (nSPS) is 11.2. The van der Waals surface area contributed by atoms with E-state index in [-0.39, 0.29) is 12.0 Å². The fourth-order valence-electron chi connectivity index (χ4n) is 0.861. The van der Waals surface area contributed by atoms with E-state index in [1.54, 1.807) is 0 Å². The molecule has 0 aromatic rings. The zero-order valence-corrected chi connectivity index (χ0v) is 7.95. The van der Waals surface area contributed by atoms with Gasteiger partial charge in [-0.15, -0.1) is 0 Å². The summed E-state index contributed by atoms with van der Waals surface area (Å²) in [5, 5.41) is 8.73. The quantitative estimate of drug-likeness (QED) is 0.409. The number of carboxylic acid groups (broad SMARTS) is 1. The van der Waals surface area contributed by atoms with Crippen LogP contribution in [-0.4, -0.2) is 24.2 Å². The van der Waals surface area contributed by atoms with E-state index in [4.69, 9.17) is 5.11 Å². The molecule has 0 aromatic carbocycles. The van der Waals surface area contributed by atoms with Gasteiger partial charge in [0, 0.05) is 0 Å². The van der Waals surface area contributed by atoms with Crippen molar-refractivity contribution in [2.24, 2.45) is 0 Å². The van der Waals surface area contributed by atoms with Crippen molar-refractivity contribution in [3.8, 4) is 0 Å². The minimum Gasteiger partial charge on any atom is -0.478 e. The molecule has 0 spiro atoms. The Bertz CT molecular complexity index is 299. The van der Waals surface area contributed by atoms with Gasteiger partial charge in [-0.3, -0.25) is 4.79 Å². The summed E-state index contributed by atoms with van der Waals surface area (Å²) < 4.78 is 4.41. The highest BCUT2D eigenvalue weighted by Gasteiger charge is 2.12. The Kier molecular flexibility index (Phi) is 4.99. The van der Waals surface area contributed by atoms with Crippen molar-refractivity contribution < 1.29 is 19.4 Å². The van der Waals surface area contributed by atoms with Crippen LogP contribution in [0.4, 0.5) is 0 Å². The number of hydrogen-bond acceptors (Lipinski definition) is 3. The number of methoxy groups -OCH3 is 1. The van der Waals surface area contributed by atoms with Crippen molar-refractivity contribution in [2.45, 2.75) is 6.42 Å². The summed E-state index contributed by atoms with van der Waals surface area (Å²) in [7, 11) is 1.23. The molecule has 4 heteroatoms. The Morgan fingerprint density at radius 1 is 1.36 bits per heavy atom. The van der Waals surface area contributed by atoms with E-state index in [2.05, 4.69) is 17.9 Å². The van der Waals surface area contributed by atoms with Crippen molar-refractivity contribution in [2.75, 3.05) is 7.11 Å². The molecular formula is C10H12O4. The van der Waals surface area contributed by atoms with Crippen LogP contribution in [0.3, 0.4) is 0 Å². The van der Waals surface area contributed by atoms with Crippen LogP contribution in [0.2, 0.25) is 0 Å². The molecule has 0 aliphatic rings. The van der Waals surface area contributed by atoms with Gasteiger partial charge in [-0.2, -0.15) is 0 Å². The van der Waals surface area contributed by atoms with Crippen molar-refractivity contribution >= 4 is 11.9 Å². The largest absolute Gasteiger partial charge is 0.478 e. The maximum atomic E-state index is 10.9. The van der Waals surface area contributed by atoms with Gasteiger partial charge in [0.25, 0.3) is 0 Å². The van der Waals surface area contributed by atoms with E-state index in [1.165, 1.54) is 19.3 Å². The maximum Gasteiger partial charge on any atom is 0.335 e. The minimum atomic E-state index is -1.14. The van der Waals surface area contributed by atoms with Crippen molar-refractivity contribution in [1.29, 1.82) is 0 Å². The van der Waals surface area contributed by atoms with Crippen LogP contribution in [0, 0.1) is 0 Å². The van der Waals surface area contributed by atoms with E-state index in [1.807, 2.05) is 0 Å². The van der Waals surface area contributed by atoms with Gasteiger partial charge in [0.2, 0.25) is 0 Å². The molecule has 76 valence electrons. The zero-order chi connectivity index (χ0) is 11.1. The van der Waals surface area contributed by atoms with Crippen LogP contribution >= 0.6 is 0 Å². The molecule has 0 heterocycles. The minimum absolute atomic E-state index is 0.0367. The summed E-state index contributed by atoms with van der Waals surface area (Å²) in [4.78, 5) is 21.6. The Hall–Kier alpha value is -1.84. The molecule has 0 saturated heterocycles. The van der Waals surface area contributed by atoms with Gasteiger partial charge in [-0.1, -0.05) is 25.3 Å². The lowest BCUT2D eigenvalue weighted by atomic mass is 10.1. The molecule has 0 unspecified atom stereocenters. The molecule has 4 nitrogen and oxygen atoms in total. The standard InChI is InChI=1S/C10H12O4/c1-4-7(6-9(11)14-3)8(5-2)10(12)13/h4-5H,1-2,6H2,3H3,(H,12,13)/b8-7-. The Balaban J connectivity index is 4.99. The van der Waals surface area contributed by atoms with E-state index in [0.29, 0.717) is 5.57 Å². The maximum absolute atomic E-state index is 10.9. The van der Waals surface area contributed by atoms with Gasteiger partial charge in [0.05, 0.1) is 19.1 Å². The second-order valence-electron chi connectivity index (χ2n) is 2.41. The fraction of sp³-hybridized carbons (Fsp3) is 0.200. The molecule has 14 heavy (non-hydrogen) atoms. The highest BCUT2D eigenvalue weighted by atomic mass is 16.5. The number of allylic oxidation sites excluding steroid dienone is 1. The first-order valence-electron chi connectivity index (χ1n) is 3.85. The predicted octanol–water partition coefficient (Wildman–Crippen LogP) is 1.30. The summed E-state index contributed by atoms with van der Waals surface area (Å²) in [5.41, 5.74) is 0.254. The van der Waals surface area contributed by atoms with Gasteiger partial charge in [0.15, 0.2) is 0 Å². The zero-order valence-electron chi connectivity index (χ0n) is 7.95. The van der Waals surface area contributed by atoms with Crippen LogP contribution in [-0.2, 0) is 14.3 Å². The lowest BCUT2D eigenvalue weighted by Crippen LogP contribution is -2.06. The average molecular weight is 196 g/mol. The molecule has 0 rings (SSSR count). The monoisotopic (exact) mass is 196 g/mol. The number of carbonyl (C=O) groups excluding carboxylic acids is 1. The van der Waals surface area contributed by atoms with Gasteiger partial charge < -0.3 is 9.84 Å². The molecule has 0 aromatic heterocycles. The van der Waals surface area contributed by atoms with Crippen molar-refractivity contribution in [1.82, 2.24) is 0 Å². The first-order valence-corrected chi connectivity index (χ1v) is 3.85. The van der Waals surface area contributed by atoms with E-state index in [9.17, 15) is 9.59 Å². The van der Waals surface area contributed by atoms with Crippen LogP contribution < -0.4 is 0 Å². The smallest absolute Gasteiger partial charge is 0.335 e. The van der Waals surface area contributed by atoms with Gasteiger partial charge in [-0.25, -0.2) is 4.79 Å². The number of rotatable bonds is 5. The van der Waals surface area contributed by atoms with Crippen LogP contribution in [0.25, 0.3) is 0 Å². The van der Waals surface area contributed by atoms with Crippen LogP contribution in [0.15, 0.2) is 36.5 Å². The van der Waals surface area contributed by atoms with Crippen molar-refractivity contribution in [3.63, 3.8) is 0 Å². The number of carbonyl (C=O) groups is 2. The third-order valence-corrected chi connectivity index (χ3v) is 1.59. The molecule has 0 radical (unpaired) electrons. The summed E-state index contributed by atoms with van der Waals surface area (Å²) >= 11 is 0. The van der Waals surface area contributed by atoms with E-state index < -0.39 is 11.9 Å². The predicted molar refractivity (Wildman–Crippen MR) is 51.7 cm³/mol. The number of hydrogen-bond donors (Lipinski definition) is 1. The Labute approximate surface area is 82.2 Å². The molecule has 1 N–H and O–H groups in total. The Morgan fingerprint density at radius 2 is 1.93 bits per heavy atom. The highest BCUT2D eigenvalue weighted by molar-refractivity contribution is 5.92. The molecule has 0 amide bonds. The molecule has 0 aliphatic carbocycles. The lowest BCUT2D eigenvalue weighted by Gasteiger charge is -2.03. The second kappa shape index (κ2) is 5.75. The number of carboxylic acids is 1. The molecule has 0 saturated carbocycles. The van der Waals surface area contributed by atoms with E-state index >= 15 is 0 Å². The third-order valence-electron chi connectivity index (χ3n) is 1.59. The molecule has 0 fully saturated rings. The lowest BCUT2D eigenvalue weighted by molar-refractivity contribution is -0.139.